The van der Waals surface area contributed by atoms with E-state index < -0.39 is 0 Å². The van der Waals surface area contributed by atoms with Crippen LogP contribution < -0.4 is 0 Å². The monoisotopic (exact) mass is 237 g/mol. The molecule has 0 saturated heterocycles. The first kappa shape index (κ1) is 13.6. The molecule has 1 aliphatic carbocycles. The molecule has 0 aromatic heterocycles. The Morgan fingerprint density at radius 1 is 1.41 bits per heavy atom. The normalized spacial score (nSPS) is 14.5. The van der Waals surface area contributed by atoms with Gasteiger partial charge in [0, 0.05) is 19.3 Å². The summed E-state index contributed by atoms with van der Waals surface area (Å²) in [6, 6.07) is 0. The van der Waals surface area contributed by atoms with Gasteiger partial charge in [-0.2, -0.15) is 0 Å². The van der Waals surface area contributed by atoms with Gasteiger partial charge in [-0.05, 0) is 37.0 Å². The first-order valence-corrected chi connectivity index (χ1v) is 5.86. The van der Waals surface area contributed by atoms with E-state index in [2.05, 4.69) is 4.90 Å². The molecule has 0 aromatic rings. The molecule has 1 aliphatic rings. The summed E-state index contributed by atoms with van der Waals surface area (Å²) in [5, 5.41) is 0. The minimum atomic E-state index is 0.143. The predicted molar refractivity (Wildman–Crippen MR) is 65.6 cm³/mol. The van der Waals surface area contributed by atoms with E-state index in [9.17, 15) is 9.59 Å². The van der Waals surface area contributed by atoms with Crippen molar-refractivity contribution in [1.82, 2.24) is 4.90 Å². The summed E-state index contributed by atoms with van der Waals surface area (Å²) in [6.07, 6.45) is 8.34. The molecule has 94 valence electrons. The van der Waals surface area contributed by atoms with Crippen LogP contribution in [0.3, 0.4) is 0 Å². The Kier molecular flexibility index (Phi) is 6.25. The van der Waals surface area contributed by atoms with Crippen LogP contribution in [-0.2, 0) is 14.3 Å². The SMILES string of the molecule is CN(CCOCC=O)C(/C=C\C=O)=C1CCC1. The summed E-state index contributed by atoms with van der Waals surface area (Å²) >= 11 is 0. The van der Waals surface area contributed by atoms with Gasteiger partial charge in [-0.25, -0.2) is 0 Å². The Morgan fingerprint density at radius 2 is 2.18 bits per heavy atom. The lowest BCUT2D eigenvalue weighted by Crippen LogP contribution is -2.24. The second kappa shape index (κ2) is 7.79. The molecule has 4 heteroatoms. The predicted octanol–water partition coefficient (Wildman–Crippen LogP) is 1.33. The number of carbonyl (C=O) groups excluding carboxylic acids is 2. The molecule has 1 fully saturated rings. The minimum Gasteiger partial charge on any atom is -0.372 e. The first-order chi connectivity index (χ1) is 8.29. The summed E-state index contributed by atoms with van der Waals surface area (Å²) in [7, 11) is 1.97. The molecule has 4 nitrogen and oxygen atoms in total. The van der Waals surface area contributed by atoms with E-state index in [4.69, 9.17) is 4.74 Å². The Hall–Kier alpha value is -1.42. The van der Waals surface area contributed by atoms with Crippen LogP contribution in [0, 0.1) is 0 Å². The number of nitrogens with zero attached hydrogens (tertiary/aromatic N) is 1. The van der Waals surface area contributed by atoms with Crippen LogP contribution in [0.1, 0.15) is 19.3 Å². The molecule has 0 amide bonds. The molecule has 17 heavy (non-hydrogen) atoms. The van der Waals surface area contributed by atoms with Crippen LogP contribution in [-0.4, -0.2) is 44.3 Å². The molecule has 0 radical (unpaired) electrons. The average Bonchev–Trinajstić information content (AvgIpc) is 2.27. The third-order valence-electron chi connectivity index (χ3n) is 2.82. The highest BCUT2D eigenvalue weighted by Crippen LogP contribution is 2.30. The fourth-order valence-corrected chi connectivity index (χ4v) is 1.71. The van der Waals surface area contributed by atoms with E-state index in [-0.39, 0.29) is 6.61 Å². The minimum absolute atomic E-state index is 0.143. The maximum atomic E-state index is 10.4. The second-order valence-electron chi connectivity index (χ2n) is 4.00. The van der Waals surface area contributed by atoms with Gasteiger partial charge < -0.3 is 14.4 Å². The molecule has 0 spiro atoms. The third-order valence-corrected chi connectivity index (χ3v) is 2.82. The zero-order chi connectivity index (χ0) is 12.5. The molecule has 1 saturated carbocycles. The van der Waals surface area contributed by atoms with Crippen LogP contribution >= 0.6 is 0 Å². The Bertz CT molecular complexity index is 315. The second-order valence-corrected chi connectivity index (χ2v) is 4.00. The highest BCUT2D eigenvalue weighted by molar-refractivity contribution is 5.65. The summed E-state index contributed by atoms with van der Waals surface area (Å²) < 4.78 is 5.11. The van der Waals surface area contributed by atoms with Crippen molar-refractivity contribution in [2.24, 2.45) is 0 Å². The lowest BCUT2D eigenvalue weighted by Gasteiger charge is -2.28. The Morgan fingerprint density at radius 3 is 2.71 bits per heavy atom. The summed E-state index contributed by atoms with van der Waals surface area (Å²) in [5.41, 5.74) is 2.50. The van der Waals surface area contributed by atoms with E-state index in [1.165, 1.54) is 18.1 Å². The van der Waals surface area contributed by atoms with Crippen molar-refractivity contribution in [1.29, 1.82) is 0 Å². The van der Waals surface area contributed by atoms with Gasteiger partial charge in [-0.15, -0.1) is 0 Å². The summed E-state index contributed by atoms with van der Waals surface area (Å²) in [4.78, 5) is 22.5. The Labute approximate surface area is 102 Å². The number of hydrogen-bond acceptors (Lipinski definition) is 4. The lowest BCUT2D eigenvalue weighted by atomic mass is 9.90. The molecule has 0 N–H and O–H groups in total. The van der Waals surface area contributed by atoms with E-state index in [0.717, 1.165) is 37.7 Å². The zero-order valence-electron chi connectivity index (χ0n) is 10.2. The van der Waals surface area contributed by atoms with Gasteiger partial charge in [-0.3, -0.25) is 4.79 Å². The summed E-state index contributed by atoms with van der Waals surface area (Å²) in [6.45, 7) is 1.38. The largest absolute Gasteiger partial charge is 0.372 e. The number of ether oxygens (including phenoxy) is 1. The van der Waals surface area contributed by atoms with Crippen molar-refractivity contribution in [2.45, 2.75) is 19.3 Å². The van der Waals surface area contributed by atoms with Crippen LogP contribution in [0.5, 0.6) is 0 Å². The molecule has 0 atom stereocenters. The highest BCUT2D eigenvalue weighted by Gasteiger charge is 2.15. The summed E-state index contributed by atoms with van der Waals surface area (Å²) in [5.74, 6) is 0. The lowest BCUT2D eigenvalue weighted by molar-refractivity contribution is -0.112. The van der Waals surface area contributed by atoms with Gasteiger partial charge in [0.15, 0.2) is 0 Å². The number of rotatable bonds is 8. The number of carbonyl (C=O) groups is 2. The van der Waals surface area contributed by atoms with Crippen LogP contribution in [0.2, 0.25) is 0 Å². The zero-order valence-corrected chi connectivity index (χ0v) is 10.2. The number of allylic oxidation sites excluding steroid dienone is 3. The molecular formula is C13H19NO3. The van der Waals surface area contributed by atoms with Crippen LogP contribution in [0.4, 0.5) is 0 Å². The van der Waals surface area contributed by atoms with Gasteiger partial charge >= 0.3 is 0 Å². The molecule has 0 aromatic carbocycles. The van der Waals surface area contributed by atoms with Gasteiger partial charge in [0.2, 0.25) is 0 Å². The van der Waals surface area contributed by atoms with Crippen LogP contribution in [0.25, 0.3) is 0 Å². The average molecular weight is 237 g/mol. The smallest absolute Gasteiger partial charge is 0.145 e. The van der Waals surface area contributed by atoms with E-state index in [1.807, 2.05) is 13.1 Å². The van der Waals surface area contributed by atoms with Crippen molar-refractivity contribution in [3.8, 4) is 0 Å². The molecular weight excluding hydrogens is 218 g/mol. The fourth-order valence-electron chi connectivity index (χ4n) is 1.71. The van der Waals surface area contributed by atoms with Crippen LogP contribution in [0.15, 0.2) is 23.4 Å². The molecule has 0 unspecified atom stereocenters. The van der Waals surface area contributed by atoms with E-state index in [0.29, 0.717) is 6.61 Å². The van der Waals surface area contributed by atoms with Crippen molar-refractivity contribution >= 4 is 12.6 Å². The number of likely N-dealkylation sites (N-methyl/N-ethyl adjacent to an activating group) is 1. The Balaban J connectivity index is 2.49. The topological polar surface area (TPSA) is 46.6 Å². The van der Waals surface area contributed by atoms with Crippen molar-refractivity contribution in [3.63, 3.8) is 0 Å². The molecule has 0 heterocycles. The quantitative estimate of drug-likeness (QED) is 0.363. The van der Waals surface area contributed by atoms with Crippen molar-refractivity contribution < 1.29 is 14.3 Å². The molecule has 0 bridgehead atoms. The molecule has 0 aliphatic heterocycles. The maximum absolute atomic E-state index is 10.4. The van der Waals surface area contributed by atoms with Gasteiger partial charge in [0.05, 0.1) is 6.61 Å². The number of aldehydes is 2. The van der Waals surface area contributed by atoms with E-state index in [1.54, 1.807) is 0 Å². The van der Waals surface area contributed by atoms with Crippen molar-refractivity contribution in [3.05, 3.63) is 23.4 Å². The maximum Gasteiger partial charge on any atom is 0.145 e. The van der Waals surface area contributed by atoms with Gasteiger partial charge in [0.25, 0.3) is 0 Å². The molecule has 1 rings (SSSR count). The third kappa shape index (κ3) is 4.53. The highest BCUT2D eigenvalue weighted by atomic mass is 16.5. The van der Waals surface area contributed by atoms with Gasteiger partial charge in [-0.1, -0.05) is 0 Å². The number of hydrogen-bond donors (Lipinski definition) is 0. The fraction of sp³-hybridized carbons (Fsp3) is 0.538. The van der Waals surface area contributed by atoms with Crippen molar-refractivity contribution in [2.75, 3.05) is 26.8 Å². The first-order valence-electron chi connectivity index (χ1n) is 5.86. The van der Waals surface area contributed by atoms with Gasteiger partial charge in [0.1, 0.15) is 19.2 Å². The van der Waals surface area contributed by atoms with E-state index >= 15 is 0 Å². The standard InChI is InChI=1S/C13H19NO3/c1-14(7-10-17-11-9-16)13(6-3-8-15)12-4-2-5-12/h3,6,8-9H,2,4-5,7,10-11H2,1H3/b6-3-.